The van der Waals surface area contributed by atoms with Crippen molar-refractivity contribution in [3.05, 3.63) is 11.3 Å². The fraction of sp³-hybridized carbons (Fsp3) is 0.824. The molecular formula is C17H24N2. The molecule has 5 rings (SSSR count). The summed E-state index contributed by atoms with van der Waals surface area (Å²) in [6, 6.07) is 2.46. The molecular weight excluding hydrogens is 232 g/mol. The van der Waals surface area contributed by atoms with E-state index in [1.165, 1.54) is 50.6 Å². The van der Waals surface area contributed by atoms with Crippen LogP contribution in [0.25, 0.3) is 0 Å². The van der Waals surface area contributed by atoms with E-state index in [2.05, 4.69) is 18.0 Å². The highest BCUT2D eigenvalue weighted by Gasteiger charge is 2.53. The number of hydrogen-bond acceptors (Lipinski definition) is 2. The fourth-order valence-corrected chi connectivity index (χ4v) is 5.98. The Kier molecular flexibility index (Phi) is 2.50. The van der Waals surface area contributed by atoms with Crippen LogP contribution in [0.3, 0.4) is 0 Å². The van der Waals surface area contributed by atoms with Crippen LogP contribution in [-0.2, 0) is 0 Å². The van der Waals surface area contributed by atoms with Crippen molar-refractivity contribution in [1.29, 1.82) is 5.26 Å². The van der Waals surface area contributed by atoms with Crippen molar-refractivity contribution in [2.45, 2.75) is 63.3 Å². The largest absolute Gasteiger partial charge is 0.371 e. The molecule has 4 saturated carbocycles. The van der Waals surface area contributed by atoms with Crippen molar-refractivity contribution in [2.75, 3.05) is 7.05 Å². The van der Waals surface area contributed by atoms with Gasteiger partial charge in [-0.1, -0.05) is 0 Å². The van der Waals surface area contributed by atoms with E-state index >= 15 is 0 Å². The lowest BCUT2D eigenvalue weighted by molar-refractivity contribution is -0.0674. The Morgan fingerprint density at radius 3 is 2.16 bits per heavy atom. The van der Waals surface area contributed by atoms with E-state index in [4.69, 9.17) is 0 Å². The zero-order valence-corrected chi connectivity index (χ0v) is 12.0. The second kappa shape index (κ2) is 4.01. The molecule has 5 aliphatic rings. The Balaban J connectivity index is 1.67. The minimum absolute atomic E-state index is 0.427. The first-order valence-corrected chi connectivity index (χ1v) is 8.06. The maximum Gasteiger partial charge on any atom is 0.0965 e. The van der Waals surface area contributed by atoms with Gasteiger partial charge in [-0.2, -0.15) is 5.26 Å². The van der Waals surface area contributed by atoms with Crippen LogP contribution in [0.5, 0.6) is 0 Å². The van der Waals surface area contributed by atoms with Crippen LogP contribution in [0.2, 0.25) is 0 Å². The summed E-state index contributed by atoms with van der Waals surface area (Å²) in [5.74, 6) is 2.96. The molecule has 5 aliphatic carbocycles. The predicted octanol–water partition coefficient (Wildman–Crippen LogP) is 3.85. The zero-order valence-electron chi connectivity index (χ0n) is 12.0. The molecule has 0 aromatic carbocycles. The minimum Gasteiger partial charge on any atom is -0.371 e. The van der Waals surface area contributed by atoms with Gasteiger partial charge in [0.05, 0.1) is 6.07 Å². The molecule has 0 unspecified atom stereocenters. The Hall–Kier alpha value is -0.970. The van der Waals surface area contributed by atoms with Crippen LogP contribution in [0.15, 0.2) is 11.3 Å². The lowest BCUT2D eigenvalue weighted by atomic mass is 9.52. The van der Waals surface area contributed by atoms with E-state index < -0.39 is 0 Å². The molecule has 19 heavy (non-hydrogen) atoms. The molecule has 0 N–H and O–H groups in total. The second-order valence-corrected chi connectivity index (χ2v) is 7.59. The number of hydrogen-bond donors (Lipinski definition) is 0. The molecule has 102 valence electrons. The van der Waals surface area contributed by atoms with E-state index in [1.54, 1.807) is 0 Å². The standard InChI is InChI=1S/C17H24N2/c1-19(16-4-2-3-15(16)11-18)17-8-12-5-13(9-17)7-14(6-12)10-17/h12-14H,2-10H2,1H3. The highest BCUT2D eigenvalue weighted by Crippen LogP contribution is 2.58. The maximum absolute atomic E-state index is 9.33. The van der Waals surface area contributed by atoms with Crippen LogP contribution in [-0.4, -0.2) is 17.5 Å². The van der Waals surface area contributed by atoms with E-state index in [9.17, 15) is 5.26 Å². The molecule has 0 atom stereocenters. The molecule has 0 heterocycles. The van der Waals surface area contributed by atoms with Crippen LogP contribution in [0.4, 0.5) is 0 Å². The van der Waals surface area contributed by atoms with E-state index in [1.807, 2.05) is 0 Å². The molecule has 2 nitrogen and oxygen atoms in total. The third kappa shape index (κ3) is 1.67. The Morgan fingerprint density at radius 2 is 1.63 bits per heavy atom. The first-order chi connectivity index (χ1) is 9.20. The van der Waals surface area contributed by atoms with E-state index in [-0.39, 0.29) is 0 Å². The van der Waals surface area contributed by atoms with Crippen molar-refractivity contribution in [2.24, 2.45) is 17.8 Å². The lowest BCUT2D eigenvalue weighted by Crippen LogP contribution is -2.58. The van der Waals surface area contributed by atoms with Gasteiger partial charge < -0.3 is 4.90 Å². The minimum atomic E-state index is 0.427. The maximum atomic E-state index is 9.33. The van der Waals surface area contributed by atoms with Gasteiger partial charge >= 0.3 is 0 Å². The summed E-state index contributed by atoms with van der Waals surface area (Å²) >= 11 is 0. The van der Waals surface area contributed by atoms with Crippen molar-refractivity contribution in [3.63, 3.8) is 0 Å². The number of nitriles is 1. The van der Waals surface area contributed by atoms with Gasteiger partial charge in [-0.3, -0.25) is 0 Å². The summed E-state index contributed by atoms with van der Waals surface area (Å²) in [4.78, 5) is 2.59. The molecule has 0 saturated heterocycles. The molecule has 4 fully saturated rings. The lowest BCUT2D eigenvalue weighted by Gasteiger charge is -2.60. The molecule has 0 aromatic heterocycles. The Labute approximate surface area is 116 Å². The monoisotopic (exact) mass is 256 g/mol. The van der Waals surface area contributed by atoms with Gasteiger partial charge in [-0.25, -0.2) is 0 Å². The summed E-state index contributed by atoms with van der Waals surface area (Å²) in [7, 11) is 2.30. The van der Waals surface area contributed by atoms with Gasteiger partial charge in [-0.15, -0.1) is 0 Å². The Bertz CT molecular complexity index is 433. The van der Waals surface area contributed by atoms with Gasteiger partial charge in [0.25, 0.3) is 0 Å². The third-order valence-electron chi connectivity index (χ3n) is 6.45. The third-order valence-corrected chi connectivity index (χ3v) is 6.45. The quantitative estimate of drug-likeness (QED) is 0.750. The zero-order chi connectivity index (χ0) is 13.0. The summed E-state index contributed by atoms with van der Waals surface area (Å²) in [6.45, 7) is 0. The van der Waals surface area contributed by atoms with Gasteiger partial charge in [0.2, 0.25) is 0 Å². The van der Waals surface area contributed by atoms with Crippen LogP contribution in [0.1, 0.15) is 57.8 Å². The SMILES string of the molecule is CN(C1=C(C#N)CCC1)C12CC3CC(CC(C3)C1)C2. The van der Waals surface area contributed by atoms with E-state index in [0.717, 1.165) is 36.2 Å². The fourth-order valence-electron chi connectivity index (χ4n) is 5.98. The second-order valence-electron chi connectivity index (χ2n) is 7.59. The smallest absolute Gasteiger partial charge is 0.0965 e. The first-order valence-electron chi connectivity index (χ1n) is 8.06. The van der Waals surface area contributed by atoms with Crippen LogP contribution in [0, 0.1) is 29.1 Å². The first kappa shape index (κ1) is 11.8. The van der Waals surface area contributed by atoms with Crippen molar-refractivity contribution >= 4 is 0 Å². The van der Waals surface area contributed by atoms with Gasteiger partial charge in [0.15, 0.2) is 0 Å². The number of rotatable bonds is 2. The highest BCUT2D eigenvalue weighted by molar-refractivity contribution is 5.32. The molecule has 0 radical (unpaired) electrons. The van der Waals surface area contributed by atoms with Crippen molar-refractivity contribution in [3.8, 4) is 6.07 Å². The predicted molar refractivity (Wildman–Crippen MR) is 75.2 cm³/mol. The summed E-state index contributed by atoms with van der Waals surface area (Å²) in [5, 5.41) is 9.33. The molecule has 0 aliphatic heterocycles. The number of nitrogens with zero attached hydrogens (tertiary/aromatic N) is 2. The Morgan fingerprint density at radius 1 is 1.05 bits per heavy atom. The van der Waals surface area contributed by atoms with E-state index in [0.29, 0.717) is 5.54 Å². The molecule has 2 heteroatoms. The van der Waals surface area contributed by atoms with Gasteiger partial charge in [0.1, 0.15) is 0 Å². The van der Waals surface area contributed by atoms with Crippen LogP contribution >= 0.6 is 0 Å². The molecule has 0 spiro atoms. The molecule has 0 amide bonds. The number of allylic oxidation sites excluding steroid dienone is 2. The van der Waals surface area contributed by atoms with Gasteiger partial charge in [0, 0.05) is 23.9 Å². The summed E-state index contributed by atoms with van der Waals surface area (Å²) in [6.07, 6.45) is 12.0. The average Bonchev–Trinajstić information content (AvgIpc) is 2.84. The van der Waals surface area contributed by atoms with Gasteiger partial charge in [-0.05, 0) is 75.5 Å². The topological polar surface area (TPSA) is 27.0 Å². The molecule has 4 bridgehead atoms. The van der Waals surface area contributed by atoms with Crippen LogP contribution < -0.4 is 0 Å². The normalized spacial score (nSPS) is 43.7. The highest BCUT2D eigenvalue weighted by atomic mass is 15.2. The molecule has 0 aromatic rings. The summed E-state index contributed by atoms with van der Waals surface area (Å²) < 4.78 is 0. The van der Waals surface area contributed by atoms with Crippen molar-refractivity contribution in [1.82, 2.24) is 4.90 Å². The summed E-state index contributed by atoms with van der Waals surface area (Å²) in [5.41, 5.74) is 2.90. The van der Waals surface area contributed by atoms with Crippen molar-refractivity contribution < 1.29 is 0 Å². The average molecular weight is 256 g/mol.